The molecule has 0 saturated carbocycles. The molecule has 0 aliphatic carbocycles. The number of anilines is 2. The summed E-state index contributed by atoms with van der Waals surface area (Å²) in [5.41, 5.74) is 23.6. The molecule has 0 spiro atoms. The first-order chi connectivity index (χ1) is 31.3. The van der Waals surface area contributed by atoms with Crippen molar-refractivity contribution in [2.24, 2.45) is 0 Å². The highest BCUT2D eigenvalue weighted by Gasteiger charge is 2.19. The number of halogens is 1. The van der Waals surface area contributed by atoms with Crippen molar-refractivity contribution < 1.29 is 18.9 Å². The molecular weight excluding hydrogens is 855 g/mol. The minimum Gasteiger partial charge on any atom is -0.455 e. The van der Waals surface area contributed by atoms with E-state index in [2.05, 4.69) is 107 Å². The molecular formula is C56H40BBrN2O4. The summed E-state index contributed by atoms with van der Waals surface area (Å²) >= 11 is 3.29. The molecule has 0 fully saturated rings. The van der Waals surface area contributed by atoms with E-state index in [0.29, 0.717) is 5.46 Å². The zero-order valence-electron chi connectivity index (χ0n) is 34.5. The molecule has 12 aromatic rings. The third-order valence-corrected chi connectivity index (χ3v) is 12.2. The fourth-order valence-corrected chi connectivity index (χ4v) is 8.88. The topological polar surface area (TPSA) is 119 Å². The summed E-state index contributed by atoms with van der Waals surface area (Å²) in [6, 6.07) is 68.8. The first kappa shape index (κ1) is 40.5. The maximum absolute atomic E-state index is 9.69. The number of para-hydroxylation sites is 4. The lowest BCUT2D eigenvalue weighted by Gasteiger charge is -2.12. The molecule has 64 heavy (non-hydrogen) atoms. The third kappa shape index (κ3) is 7.65. The van der Waals surface area contributed by atoms with Crippen LogP contribution >= 0.6 is 15.9 Å². The van der Waals surface area contributed by atoms with Crippen molar-refractivity contribution in [1.82, 2.24) is 0 Å². The molecule has 2 heterocycles. The zero-order chi connectivity index (χ0) is 43.7. The van der Waals surface area contributed by atoms with Crippen LogP contribution in [-0.2, 0) is 0 Å². The van der Waals surface area contributed by atoms with Crippen LogP contribution in [0, 0.1) is 0 Å². The van der Waals surface area contributed by atoms with Gasteiger partial charge < -0.3 is 30.3 Å². The number of rotatable bonds is 4. The molecule has 0 aliphatic heterocycles. The van der Waals surface area contributed by atoms with Crippen LogP contribution in [0.15, 0.2) is 220 Å². The predicted molar refractivity (Wildman–Crippen MR) is 272 cm³/mol. The van der Waals surface area contributed by atoms with Gasteiger partial charge in [-0.05, 0) is 97.8 Å². The van der Waals surface area contributed by atoms with Crippen LogP contribution < -0.4 is 16.9 Å². The molecule has 10 aromatic carbocycles. The van der Waals surface area contributed by atoms with Gasteiger partial charge in [0.1, 0.15) is 22.3 Å². The van der Waals surface area contributed by atoms with Gasteiger partial charge in [-0.3, -0.25) is 0 Å². The normalized spacial score (nSPS) is 11.2. The summed E-state index contributed by atoms with van der Waals surface area (Å²) in [6.45, 7) is 0. The molecule has 0 unspecified atom stereocenters. The molecule has 12 rings (SSSR count). The minimum atomic E-state index is -1.50. The summed E-state index contributed by atoms with van der Waals surface area (Å²) in [5, 5.41) is 28.1. The molecule has 0 atom stereocenters. The Morgan fingerprint density at radius 2 is 0.734 bits per heavy atom. The number of nitrogens with two attached hydrogens (primary N) is 2. The van der Waals surface area contributed by atoms with Crippen molar-refractivity contribution in [3.63, 3.8) is 0 Å². The van der Waals surface area contributed by atoms with E-state index in [-0.39, 0.29) is 0 Å². The van der Waals surface area contributed by atoms with Gasteiger partial charge in [0.25, 0.3) is 0 Å². The largest absolute Gasteiger partial charge is 0.489 e. The van der Waals surface area contributed by atoms with E-state index < -0.39 is 7.12 Å². The average Bonchev–Trinajstić information content (AvgIpc) is 3.92. The zero-order valence-corrected chi connectivity index (χ0v) is 36.0. The quantitative estimate of drug-likeness (QED) is 0.103. The fraction of sp³-hybridized carbons (Fsp3) is 0. The first-order valence-corrected chi connectivity index (χ1v) is 21.7. The minimum absolute atomic E-state index is 0.501. The van der Waals surface area contributed by atoms with Crippen LogP contribution in [0.2, 0.25) is 0 Å². The Morgan fingerprint density at radius 1 is 0.344 bits per heavy atom. The van der Waals surface area contributed by atoms with Gasteiger partial charge in [-0.1, -0.05) is 174 Å². The number of hydrogen-bond acceptors (Lipinski definition) is 6. The highest BCUT2D eigenvalue weighted by atomic mass is 79.9. The summed E-state index contributed by atoms with van der Waals surface area (Å²) in [4.78, 5) is 0. The van der Waals surface area contributed by atoms with E-state index in [9.17, 15) is 10.0 Å². The maximum Gasteiger partial charge on any atom is 0.489 e. The van der Waals surface area contributed by atoms with Gasteiger partial charge in [-0.15, -0.1) is 0 Å². The van der Waals surface area contributed by atoms with Crippen molar-refractivity contribution in [2.45, 2.75) is 0 Å². The van der Waals surface area contributed by atoms with Crippen LogP contribution in [0.3, 0.4) is 0 Å². The molecule has 0 saturated heterocycles. The standard InChI is InChI=1S/C28H19NO.C22H15BO3.C6H6BrN/c29-19-14-12-18(13-15-19)20-16-17-23(22-7-2-1-6-21(20)22)25-9-5-10-26-24-8-3-4-11-27(24)30-28(25)26;24-23(25)20-13-12-15(14-6-1-2-7-16(14)20)18-9-5-10-19-17-8-3-4-11-21(17)26-22(18)19;7-5-1-3-6(8)4-2-5/h1-17H,29H2;1-13,24-25H;1-4H,8H2. The fourth-order valence-electron chi connectivity index (χ4n) is 8.61. The second-order valence-electron chi connectivity index (χ2n) is 15.6. The van der Waals surface area contributed by atoms with Crippen LogP contribution in [0.1, 0.15) is 0 Å². The van der Waals surface area contributed by atoms with Gasteiger partial charge in [0.05, 0.1) is 0 Å². The molecule has 0 amide bonds. The Hall–Kier alpha value is -7.62. The van der Waals surface area contributed by atoms with Gasteiger partial charge in [0.15, 0.2) is 0 Å². The number of fused-ring (bicyclic) bond motifs is 8. The number of benzene rings is 10. The lowest BCUT2D eigenvalue weighted by molar-refractivity contribution is 0.426. The van der Waals surface area contributed by atoms with Gasteiger partial charge in [-0.25, -0.2) is 0 Å². The Kier molecular flexibility index (Phi) is 10.9. The predicted octanol–water partition coefficient (Wildman–Crippen LogP) is 13.8. The van der Waals surface area contributed by atoms with E-state index in [1.54, 1.807) is 6.07 Å². The van der Waals surface area contributed by atoms with Crippen molar-refractivity contribution in [1.29, 1.82) is 0 Å². The molecule has 6 nitrogen and oxygen atoms in total. The highest BCUT2D eigenvalue weighted by molar-refractivity contribution is 9.10. The van der Waals surface area contributed by atoms with Crippen molar-refractivity contribution >= 4 is 105 Å². The van der Waals surface area contributed by atoms with Crippen LogP contribution in [0.5, 0.6) is 0 Å². The molecule has 0 aliphatic rings. The molecule has 6 N–H and O–H groups in total. The van der Waals surface area contributed by atoms with Crippen LogP contribution in [-0.4, -0.2) is 17.2 Å². The highest BCUT2D eigenvalue weighted by Crippen LogP contribution is 2.41. The van der Waals surface area contributed by atoms with Gasteiger partial charge in [-0.2, -0.15) is 0 Å². The SMILES string of the molecule is Nc1ccc(-c2ccc(-c3cccc4c3oc3ccccc34)c3ccccc23)cc1.Nc1ccc(Br)cc1.OB(O)c1ccc(-c2cccc3c2oc2ccccc23)c2ccccc12. The first-order valence-electron chi connectivity index (χ1n) is 20.9. The second-order valence-corrected chi connectivity index (χ2v) is 16.5. The molecule has 2 aromatic heterocycles. The average molecular weight is 896 g/mol. The Bertz CT molecular complexity index is 3620. The van der Waals surface area contributed by atoms with Gasteiger partial charge in [0.2, 0.25) is 0 Å². The van der Waals surface area contributed by atoms with Gasteiger partial charge in [0, 0.05) is 48.5 Å². The third-order valence-electron chi connectivity index (χ3n) is 11.6. The van der Waals surface area contributed by atoms with E-state index in [4.69, 9.17) is 20.3 Å². The lowest BCUT2D eigenvalue weighted by atomic mass is 9.76. The summed E-state index contributed by atoms with van der Waals surface area (Å²) < 4.78 is 13.5. The Morgan fingerprint density at radius 3 is 1.23 bits per heavy atom. The maximum atomic E-state index is 9.69. The van der Waals surface area contributed by atoms with E-state index >= 15 is 0 Å². The van der Waals surface area contributed by atoms with Gasteiger partial charge >= 0.3 is 7.12 Å². The molecule has 0 radical (unpaired) electrons. The molecule has 0 bridgehead atoms. The van der Waals surface area contributed by atoms with E-state index in [0.717, 1.165) is 92.8 Å². The molecule has 8 heteroatoms. The second kappa shape index (κ2) is 17.3. The Balaban J connectivity index is 0.000000130. The van der Waals surface area contributed by atoms with Crippen LogP contribution in [0.4, 0.5) is 11.4 Å². The summed E-state index contributed by atoms with van der Waals surface area (Å²) in [6.07, 6.45) is 0. The monoisotopic (exact) mass is 894 g/mol. The summed E-state index contributed by atoms with van der Waals surface area (Å²) in [7, 11) is -1.50. The summed E-state index contributed by atoms with van der Waals surface area (Å²) in [5.74, 6) is 0. The van der Waals surface area contributed by atoms with Crippen molar-refractivity contribution in [2.75, 3.05) is 11.5 Å². The van der Waals surface area contributed by atoms with Crippen LogP contribution in [0.25, 0.3) is 98.8 Å². The smallest absolute Gasteiger partial charge is 0.455 e. The molecule has 308 valence electrons. The Labute approximate surface area is 377 Å². The number of furan rings is 2. The number of nitrogen functional groups attached to an aromatic ring is 2. The lowest BCUT2D eigenvalue weighted by Crippen LogP contribution is -2.30. The van der Waals surface area contributed by atoms with Crippen molar-refractivity contribution in [3.8, 4) is 33.4 Å². The number of hydrogen-bond donors (Lipinski definition) is 4. The van der Waals surface area contributed by atoms with Crippen molar-refractivity contribution in [3.05, 3.63) is 211 Å². The van der Waals surface area contributed by atoms with E-state index in [1.165, 1.54) is 21.9 Å². The van der Waals surface area contributed by atoms with E-state index in [1.807, 2.05) is 109 Å².